The standard InChI is InChI=1S/C63H109N5O27/c1-38(2)31-63(35-87-25-17-42(75)13-7-6-8-14-44(77)19-28-90-60-51(66-39(3)72)57(84)54(81)46(32-69)93-60,36-88-26-18-43(76)15-9-11-24-65-50(80)22-30-92-62-53(68-41(5)74)59(86)56(83)48(34-71)95-62)37-89-27-21-49(79)64-23-12-10-16-45(78)20-29-91-61-52(67-40(4)73)58(85)55(82)47(33-70)94-61/h38,46-48,51-62,69-71,81-86H,6-37H2,1-5H3,(H,64,79)(H,65,80)(H,66,72)(H,67,73)(H,68,74)/t46?,47?,48?,51?,52?,53?,54-,55-,56-,57+,58+,59+,60+,61+,62+,63?/m0/s1. The smallest absolute Gasteiger partial charge is 0.222 e. The van der Waals surface area contributed by atoms with E-state index in [1.165, 1.54) is 20.8 Å². The van der Waals surface area contributed by atoms with Gasteiger partial charge in [0.25, 0.3) is 0 Å². The van der Waals surface area contributed by atoms with E-state index < -0.39 is 135 Å². The largest absolute Gasteiger partial charge is 0.394 e. The monoisotopic (exact) mass is 1370 g/mol. The molecule has 0 aliphatic carbocycles. The summed E-state index contributed by atoms with van der Waals surface area (Å²) in [6.45, 7) is 6.67. The molecule has 3 heterocycles. The third kappa shape index (κ3) is 32.7. The first-order valence-electron chi connectivity index (χ1n) is 33.1. The normalized spacial score (nSPS) is 26.7. The van der Waals surface area contributed by atoms with Crippen LogP contribution in [-0.4, -0.2) is 283 Å². The topological polar surface area (TPSA) is 479 Å². The van der Waals surface area contributed by atoms with Gasteiger partial charge in [0.15, 0.2) is 18.9 Å². The van der Waals surface area contributed by atoms with Gasteiger partial charge in [0.05, 0.1) is 85.7 Å². The molecule has 3 aliphatic rings. The zero-order valence-electron chi connectivity index (χ0n) is 55.7. The maximum atomic E-state index is 13.0. The molecule has 3 aliphatic heterocycles. The van der Waals surface area contributed by atoms with E-state index in [4.69, 9.17) is 42.6 Å². The van der Waals surface area contributed by atoms with E-state index >= 15 is 0 Å². The molecule has 32 heteroatoms. The van der Waals surface area contributed by atoms with E-state index in [0.29, 0.717) is 57.9 Å². The molecule has 0 aromatic rings. The lowest BCUT2D eigenvalue weighted by Gasteiger charge is -2.42. The molecule has 0 spiro atoms. The fraction of sp³-hybridized carbons (Fsp3) is 0.857. The van der Waals surface area contributed by atoms with Crippen LogP contribution < -0.4 is 26.6 Å². The van der Waals surface area contributed by atoms with Gasteiger partial charge in [-0.05, 0) is 50.9 Å². The summed E-state index contributed by atoms with van der Waals surface area (Å²) in [5.41, 5.74) is -0.748. The molecular formula is C63H109N5O27. The number of ketones is 4. The van der Waals surface area contributed by atoms with Gasteiger partial charge in [-0.15, -0.1) is 0 Å². The van der Waals surface area contributed by atoms with E-state index in [-0.39, 0.29) is 171 Å². The molecule has 3 rings (SSSR count). The number of aliphatic hydroxyl groups excluding tert-OH is 9. The maximum Gasteiger partial charge on any atom is 0.222 e. The van der Waals surface area contributed by atoms with E-state index in [0.717, 1.165) is 0 Å². The predicted octanol–water partition coefficient (Wildman–Crippen LogP) is -2.91. The predicted molar refractivity (Wildman–Crippen MR) is 333 cm³/mol. The minimum Gasteiger partial charge on any atom is -0.394 e. The van der Waals surface area contributed by atoms with Crippen LogP contribution in [0.1, 0.15) is 150 Å². The highest BCUT2D eigenvalue weighted by molar-refractivity contribution is 5.80. The van der Waals surface area contributed by atoms with Crippen molar-refractivity contribution in [3.63, 3.8) is 0 Å². The third-order valence-electron chi connectivity index (χ3n) is 16.1. The lowest BCUT2D eigenvalue weighted by molar-refractivity contribution is -0.270. The molecule has 0 saturated carbocycles. The minimum atomic E-state index is -1.49. The van der Waals surface area contributed by atoms with E-state index in [1.54, 1.807) is 0 Å². The highest BCUT2D eigenvalue weighted by Gasteiger charge is 2.48. The van der Waals surface area contributed by atoms with Crippen LogP contribution >= 0.6 is 0 Å². The molecule has 0 aromatic carbocycles. The first kappa shape index (κ1) is 84.5. The van der Waals surface area contributed by atoms with Crippen molar-refractivity contribution < 1.29 is 132 Å². The molecule has 5 amide bonds. The number of unbranched alkanes of at least 4 members (excludes halogenated alkanes) is 4. The average molecular weight is 1370 g/mol. The van der Waals surface area contributed by atoms with Crippen molar-refractivity contribution in [2.75, 3.05) is 92.4 Å². The fourth-order valence-electron chi connectivity index (χ4n) is 11.1. The number of hydrogen-bond acceptors (Lipinski definition) is 27. The van der Waals surface area contributed by atoms with Crippen LogP contribution in [0, 0.1) is 11.3 Å². The highest BCUT2D eigenvalue weighted by atomic mass is 16.7. The van der Waals surface area contributed by atoms with Crippen LogP contribution in [0.25, 0.3) is 0 Å². The summed E-state index contributed by atoms with van der Waals surface area (Å²) in [5, 5.41) is 104. The van der Waals surface area contributed by atoms with Crippen molar-refractivity contribution in [2.45, 2.75) is 242 Å². The summed E-state index contributed by atoms with van der Waals surface area (Å²) < 4.78 is 51.9. The first-order chi connectivity index (χ1) is 45.2. The zero-order valence-corrected chi connectivity index (χ0v) is 55.7. The Morgan fingerprint density at radius 2 is 0.674 bits per heavy atom. The molecule has 0 bridgehead atoms. The lowest BCUT2D eigenvalue weighted by Crippen LogP contribution is -2.64. The van der Waals surface area contributed by atoms with Crippen LogP contribution in [0.2, 0.25) is 0 Å². The van der Waals surface area contributed by atoms with Crippen LogP contribution in [0.3, 0.4) is 0 Å². The Labute approximate surface area is 555 Å². The Morgan fingerprint density at radius 3 is 0.979 bits per heavy atom. The Bertz CT molecular complexity index is 2070. The summed E-state index contributed by atoms with van der Waals surface area (Å²) in [6.07, 6.45) is -10.8. The second-order valence-electron chi connectivity index (χ2n) is 25.0. The molecule has 32 nitrogen and oxygen atoms in total. The molecule has 3 saturated heterocycles. The summed E-state index contributed by atoms with van der Waals surface area (Å²) in [5.74, 6) is -2.39. The zero-order chi connectivity index (χ0) is 70.5. The minimum absolute atomic E-state index is 0.00695. The number of carbonyl (C=O) groups is 9. The highest BCUT2D eigenvalue weighted by Crippen LogP contribution is 2.30. The summed E-state index contributed by atoms with van der Waals surface area (Å²) in [6, 6.07) is -3.40. The number of rotatable bonds is 51. The van der Waals surface area contributed by atoms with Crippen molar-refractivity contribution in [1.82, 2.24) is 26.6 Å². The SMILES string of the molecule is CC(=O)NC1[C@H](OCCC(=O)CCCCCC(=O)CCOCC(COCCC(=O)CCCCNC(=O)CCO[C@@H]2OC(CO)[C@H](O)[C@H](O)C2NC(C)=O)(COCCC(=O)NCCCCC(=O)CCO[C@@H]2OC(CO)[C@H](O)[C@H](O)C2NC(C)=O)CC(C)C)OC(CO)[C@H](O)[C@@H]1O. The van der Waals surface area contributed by atoms with Crippen molar-refractivity contribution in [3.8, 4) is 0 Å². The second kappa shape index (κ2) is 46.6. The van der Waals surface area contributed by atoms with Gasteiger partial charge in [-0.25, -0.2) is 0 Å². The first-order valence-corrected chi connectivity index (χ1v) is 33.1. The molecular weight excluding hydrogens is 1260 g/mol. The molecule has 0 radical (unpaired) electrons. The molecule has 16 atom stereocenters. The van der Waals surface area contributed by atoms with Crippen LogP contribution in [-0.2, 0) is 85.8 Å². The molecule has 95 heavy (non-hydrogen) atoms. The summed E-state index contributed by atoms with van der Waals surface area (Å²) >= 11 is 0. The van der Waals surface area contributed by atoms with E-state index in [1.807, 2.05) is 13.8 Å². The van der Waals surface area contributed by atoms with Crippen LogP contribution in [0.4, 0.5) is 0 Å². The van der Waals surface area contributed by atoms with Crippen molar-refractivity contribution in [2.24, 2.45) is 11.3 Å². The van der Waals surface area contributed by atoms with Crippen LogP contribution in [0.5, 0.6) is 0 Å². The summed E-state index contributed by atoms with van der Waals surface area (Å²) in [7, 11) is 0. The molecule has 14 N–H and O–H groups in total. The van der Waals surface area contributed by atoms with E-state index in [2.05, 4.69) is 26.6 Å². The molecule has 3 fully saturated rings. The number of carbonyl (C=O) groups excluding carboxylic acids is 9. The quantitative estimate of drug-likeness (QED) is 0.0272. The number of Topliss-reactive ketones (excluding diaryl/α,β-unsaturated/α-hetero) is 4. The van der Waals surface area contributed by atoms with Gasteiger partial charge in [0, 0.05) is 97.1 Å². The molecule has 7 unspecified atom stereocenters. The van der Waals surface area contributed by atoms with Gasteiger partial charge in [0.2, 0.25) is 29.5 Å². The van der Waals surface area contributed by atoms with Gasteiger partial charge in [0.1, 0.15) is 96.2 Å². The second-order valence-corrected chi connectivity index (χ2v) is 25.0. The molecule has 0 aromatic heterocycles. The summed E-state index contributed by atoms with van der Waals surface area (Å²) in [4.78, 5) is 112. The number of aliphatic hydroxyl groups is 9. The number of amides is 5. The van der Waals surface area contributed by atoms with E-state index in [9.17, 15) is 89.1 Å². The van der Waals surface area contributed by atoms with Crippen molar-refractivity contribution in [3.05, 3.63) is 0 Å². The Morgan fingerprint density at radius 1 is 0.389 bits per heavy atom. The number of nitrogens with one attached hydrogen (secondary N) is 5. The van der Waals surface area contributed by atoms with Gasteiger partial charge in [-0.1, -0.05) is 20.3 Å². The third-order valence-corrected chi connectivity index (χ3v) is 16.1. The van der Waals surface area contributed by atoms with Gasteiger partial charge >= 0.3 is 0 Å². The van der Waals surface area contributed by atoms with Gasteiger partial charge in [-0.2, -0.15) is 0 Å². The van der Waals surface area contributed by atoms with Crippen LogP contribution in [0.15, 0.2) is 0 Å². The maximum absolute atomic E-state index is 13.0. The van der Waals surface area contributed by atoms with Gasteiger partial charge < -0.3 is 115 Å². The van der Waals surface area contributed by atoms with Crippen molar-refractivity contribution >= 4 is 52.7 Å². The average Bonchev–Trinajstić information content (AvgIpc) is 0.831. The lowest BCUT2D eigenvalue weighted by atomic mass is 9.82. The Hall–Kier alpha value is -4.69. The van der Waals surface area contributed by atoms with Gasteiger partial charge in [-0.3, -0.25) is 43.2 Å². The molecule has 548 valence electrons. The Kier molecular flexibility index (Phi) is 41.4. The fourth-order valence-corrected chi connectivity index (χ4v) is 11.1. The van der Waals surface area contributed by atoms with Crippen molar-refractivity contribution in [1.29, 1.82) is 0 Å². The number of hydrogen-bond donors (Lipinski definition) is 14. The number of ether oxygens (including phenoxy) is 9. The Balaban J connectivity index is 1.44.